The molecule has 1 saturated carbocycles. The Morgan fingerprint density at radius 2 is 2.00 bits per heavy atom. The van der Waals surface area contributed by atoms with Crippen LogP contribution in [-0.4, -0.2) is 26.7 Å². The van der Waals surface area contributed by atoms with E-state index in [1.54, 1.807) is 0 Å². The molecule has 0 aliphatic heterocycles. The summed E-state index contributed by atoms with van der Waals surface area (Å²) in [6.07, 6.45) is 9.69. The molecule has 1 aromatic rings. The lowest BCUT2D eigenvalue weighted by Crippen LogP contribution is -2.18. The van der Waals surface area contributed by atoms with Crippen LogP contribution in [0.3, 0.4) is 0 Å². The number of hydrogen-bond acceptors (Lipinski definition) is 5. The molecule has 1 N–H and O–H groups in total. The first kappa shape index (κ1) is 15.8. The number of aromatic nitrogens is 2. The summed E-state index contributed by atoms with van der Waals surface area (Å²) in [7, 11) is 0. The first-order valence-electron chi connectivity index (χ1n) is 7.70. The molecule has 20 heavy (non-hydrogen) atoms. The van der Waals surface area contributed by atoms with E-state index < -0.39 is 5.60 Å². The number of rotatable bonds is 7. The highest BCUT2D eigenvalue weighted by Crippen LogP contribution is 2.28. The van der Waals surface area contributed by atoms with E-state index in [-0.39, 0.29) is 0 Å². The average molecular weight is 298 g/mol. The van der Waals surface area contributed by atoms with Gasteiger partial charge in [-0.05, 0) is 32.6 Å². The van der Waals surface area contributed by atoms with Crippen molar-refractivity contribution < 1.29 is 9.52 Å². The standard InChI is InChI=1S/C15H26N2O2S/c1-15(2,18)10-11-20-14-17-16-13(19-14)9-8-12-6-4-3-5-7-12/h12,18H,3-11H2,1-2H3. The normalized spacial score (nSPS) is 17.6. The third kappa shape index (κ3) is 5.83. The minimum atomic E-state index is -0.628. The van der Waals surface area contributed by atoms with E-state index in [9.17, 15) is 5.11 Å². The number of aliphatic hydroxyl groups is 1. The molecule has 1 aliphatic rings. The summed E-state index contributed by atoms with van der Waals surface area (Å²) in [5, 5.41) is 18.5. The summed E-state index contributed by atoms with van der Waals surface area (Å²) in [5.41, 5.74) is -0.628. The van der Waals surface area contributed by atoms with Crippen molar-refractivity contribution in [1.82, 2.24) is 10.2 Å². The van der Waals surface area contributed by atoms with E-state index in [1.165, 1.54) is 50.3 Å². The van der Waals surface area contributed by atoms with Crippen LogP contribution in [0, 0.1) is 5.92 Å². The maximum Gasteiger partial charge on any atom is 0.276 e. The van der Waals surface area contributed by atoms with Crippen molar-refractivity contribution in [3.63, 3.8) is 0 Å². The monoisotopic (exact) mass is 298 g/mol. The van der Waals surface area contributed by atoms with Crippen LogP contribution in [0.2, 0.25) is 0 Å². The highest BCUT2D eigenvalue weighted by molar-refractivity contribution is 7.99. The molecular formula is C15H26N2O2S. The third-order valence-corrected chi connectivity index (χ3v) is 4.70. The molecule has 0 amide bonds. The van der Waals surface area contributed by atoms with Gasteiger partial charge < -0.3 is 9.52 Å². The van der Waals surface area contributed by atoms with Crippen LogP contribution in [0.25, 0.3) is 0 Å². The van der Waals surface area contributed by atoms with Crippen LogP contribution in [-0.2, 0) is 6.42 Å². The SMILES string of the molecule is CC(C)(O)CCSc1nnc(CCC2CCCCC2)o1. The summed E-state index contributed by atoms with van der Waals surface area (Å²) in [6.45, 7) is 3.63. The van der Waals surface area contributed by atoms with Gasteiger partial charge in [-0.3, -0.25) is 0 Å². The lowest BCUT2D eigenvalue weighted by Gasteiger charge is -2.20. The second-order valence-corrected chi connectivity index (χ2v) is 7.46. The molecule has 0 aromatic carbocycles. The lowest BCUT2D eigenvalue weighted by atomic mass is 9.86. The van der Waals surface area contributed by atoms with Gasteiger partial charge in [-0.1, -0.05) is 43.9 Å². The van der Waals surface area contributed by atoms with Crippen molar-refractivity contribution in [2.45, 2.75) is 76.0 Å². The molecule has 1 fully saturated rings. The Kier molecular flexibility index (Phi) is 5.90. The second kappa shape index (κ2) is 7.46. The van der Waals surface area contributed by atoms with Crippen molar-refractivity contribution in [2.24, 2.45) is 5.92 Å². The zero-order valence-corrected chi connectivity index (χ0v) is 13.4. The largest absolute Gasteiger partial charge is 0.416 e. The van der Waals surface area contributed by atoms with Gasteiger partial charge in [-0.25, -0.2) is 0 Å². The summed E-state index contributed by atoms with van der Waals surface area (Å²) in [4.78, 5) is 0. The van der Waals surface area contributed by atoms with Crippen molar-refractivity contribution in [2.75, 3.05) is 5.75 Å². The van der Waals surface area contributed by atoms with E-state index in [4.69, 9.17) is 4.42 Å². The molecule has 0 bridgehead atoms. The fourth-order valence-corrected chi connectivity index (χ4v) is 3.62. The Morgan fingerprint density at radius 3 is 2.70 bits per heavy atom. The number of hydrogen-bond donors (Lipinski definition) is 1. The first-order chi connectivity index (χ1) is 9.53. The Balaban J connectivity index is 1.69. The molecule has 0 radical (unpaired) electrons. The van der Waals surface area contributed by atoms with E-state index in [0.29, 0.717) is 5.22 Å². The van der Waals surface area contributed by atoms with Crippen LogP contribution in [0.15, 0.2) is 9.64 Å². The van der Waals surface area contributed by atoms with E-state index in [0.717, 1.165) is 30.4 Å². The molecule has 0 saturated heterocycles. The van der Waals surface area contributed by atoms with Gasteiger partial charge in [-0.2, -0.15) is 0 Å². The van der Waals surface area contributed by atoms with Gasteiger partial charge in [0.15, 0.2) is 0 Å². The molecular weight excluding hydrogens is 272 g/mol. The lowest BCUT2D eigenvalue weighted by molar-refractivity contribution is 0.0777. The Morgan fingerprint density at radius 1 is 1.25 bits per heavy atom. The van der Waals surface area contributed by atoms with Crippen molar-refractivity contribution in [1.29, 1.82) is 0 Å². The van der Waals surface area contributed by atoms with E-state index >= 15 is 0 Å². The molecule has 0 atom stereocenters. The summed E-state index contributed by atoms with van der Waals surface area (Å²) in [6, 6.07) is 0. The van der Waals surface area contributed by atoms with E-state index in [1.807, 2.05) is 13.8 Å². The molecule has 1 aromatic heterocycles. The van der Waals surface area contributed by atoms with Gasteiger partial charge in [0, 0.05) is 12.2 Å². The quantitative estimate of drug-likeness (QED) is 0.775. The average Bonchev–Trinajstić information content (AvgIpc) is 2.84. The predicted octanol–water partition coefficient (Wildman–Crippen LogP) is 3.84. The van der Waals surface area contributed by atoms with Crippen LogP contribution in [0.1, 0.15) is 64.7 Å². The minimum absolute atomic E-state index is 0.628. The maximum atomic E-state index is 9.65. The Bertz CT molecular complexity index is 395. The zero-order valence-electron chi connectivity index (χ0n) is 12.6. The third-order valence-electron chi connectivity index (χ3n) is 3.88. The topological polar surface area (TPSA) is 59.2 Å². The number of nitrogens with zero attached hydrogens (tertiary/aromatic N) is 2. The van der Waals surface area contributed by atoms with Crippen LogP contribution in [0.4, 0.5) is 0 Å². The van der Waals surface area contributed by atoms with Crippen molar-refractivity contribution in [3.05, 3.63) is 5.89 Å². The molecule has 0 spiro atoms. The highest BCUT2D eigenvalue weighted by atomic mass is 32.2. The Hall–Kier alpha value is -0.550. The number of thioether (sulfide) groups is 1. The van der Waals surface area contributed by atoms with Crippen LogP contribution in [0.5, 0.6) is 0 Å². The molecule has 0 unspecified atom stereocenters. The maximum absolute atomic E-state index is 9.65. The summed E-state index contributed by atoms with van der Waals surface area (Å²) >= 11 is 1.53. The van der Waals surface area contributed by atoms with Gasteiger partial charge in [0.2, 0.25) is 5.89 Å². The predicted molar refractivity (Wildman–Crippen MR) is 80.8 cm³/mol. The molecule has 1 heterocycles. The fraction of sp³-hybridized carbons (Fsp3) is 0.867. The Labute approximate surface area is 125 Å². The van der Waals surface area contributed by atoms with Gasteiger partial charge in [0.25, 0.3) is 5.22 Å². The van der Waals surface area contributed by atoms with Crippen LogP contribution >= 0.6 is 11.8 Å². The van der Waals surface area contributed by atoms with Gasteiger partial charge in [0.1, 0.15) is 0 Å². The van der Waals surface area contributed by atoms with Gasteiger partial charge in [-0.15, -0.1) is 10.2 Å². The van der Waals surface area contributed by atoms with Crippen LogP contribution < -0.4 is 0 Å². The molecule has 4 nitrogen and oxygen atoms in total. The fourth-order valence-electron chi connectivity index (χ4n) is 2.59. The van der Waals surface area contributed by atoms with Crippen molar-refractivity contribution in [3.8, 4) is 0 Å². The summed E-state index contributed by atoms with van der Waals surface area (Å²) < 4.78 is 5.65. The van der Waals surface area contributed by atoms with E-state index in [2.05, 4.69) is 10.2 Å². The highest BCUT2D eigenvalue weighted by Gasteiger charge is 2.16. The molecule has 5 heteroatoms. The van der Waals surface area contributed by atoms with Gasteiger partial charge in [0.05, 0.1) is 5.60 Å². The molecule has 114 valence electrons. The van der Waals surface area contributed by atoms with Gasteiger partial charge >= 0.3 is 0 Å². The molecule has 2 rings (SSSR count). The van der Waals surface area contributed by atoms with Crippen molar-refractivity contribution >= 4 is 11.8 Å². The molecule has 1 aliphatic carbocycles. The summed E-state index contributed by atoms with van der Waals surface area (Å²) in [5.74, 6) is 2.41. The zero-order chi connectivity index (χ0) is 14.4. The second-order valence-electron chi connectivity index (χ2n) is 6.42. The minimum Gasteiger partial charge on any atom is -0.416 e. The smallest absolute Gasteiger partial charge is 0.276 e. The first-order valence-corrected chi connectivity index (χ1v) is 8.69. The number of aryl methyl sites for hydroxylation is 1.